The molecule has 0 bridgehead atoms. The Bertz CT molecular complexity index is 4210. The number of aryl methyl sites for hydroxylation is 6. The molecule has 0 amide bonds. The number of benzene rings is 9. The van der Waals surface area contributed by atoms with Gasteiger partial charge in [-0.05, 0) is 162 Å². The number of rotatable bonds is 5. The van der Waals surface area contributed by atoms with Crippen molar-refractivity contribution in [3.63, 3.8) is 0 Å². The summed E-state index contributed by atoms with van der Waals surface area (Å²) in [7, 11) is 0. The zero-order chi connectivity index (χ0) is 47.1. The second kappa shape index (κ2) is 14.9. The van der Waals surface area contributed by atoms with Gasteiger partial charge < -0.3 is 18.3 Å². The highest BCUT2D eigenvalue weighted by molar-refractivity contribution is 6.15. The number of para-hydroxylation sites is 1. The molecule has 334 valence electrons. The SMILES string of the molecule is Cc1ccc2c(c1)c1cc(C)ccc1n2-c1cc(-n2c3ccc(C)cc3c3cc(C)ccc32)c(-c2ccc3c(c2)c2cnccc2n3-c2ccccc2)c(-n2c3ccc(C)cc3c3cc(C)ccc32)c1. The lowest BCUT2D eigenvalue weighted by Crippen LogP contribution is -2.07. The fourth-order valence-electron chi connectivity index (χ4n) is 11.8. The Morgan fingerprint density at radius 2 is 0.629 bits per heavy atom. The number of fused-ring (bicyclic) bond motifs is 12. The average Bonchev–Trinajstić information content (AvgIpc) is 4.07. The predicted octanol–water partition coefficient (Wildman–Crippen LogP) is 17.0. The third kappa shape index (κ3) is 5.88. The molecule has 0 saturated heterocycles. The maximum atomic E-state index is 4.73. The molecule has 5 aromatic heterocycles. The van der Waals surface area contributed by atoms with Crippen LogP contribution in [0.25, 0.3) is 121 Å². The summed E-state index contributed by atoms with van der Waals surface area (Å²) >= 11 is 0. The summed E-state index contributed by atoms with van der Waals surface area (Å²) < 4.78 is 9.99. The molecular weight excluding hydrogens is 851 g/mol. The molecule has 9 aromatic carbocycles. The van der Waals surface area contributed by atoms with Crippen LogP contribution in [0.3, 0.4) is 0 Å². The molecule has 0 spiro atoms. The first-order chi connectivity index (χ1) is 34.2. The highest BCUT2D eigenvalue weighted by Gasteiger charge is 2.26. The Hall–Kier alpha value is -8.67. The first kappa shape index (κ1) is 40.4. The molecule has 14 rings (SSSR count). The smallest absolute Gasteiger partial charge is 0.0582 e. The van der Waals surface area contributed by atoms with Crippen LogP contribution in [-0.2, 0) is 0 Å². The minimum atomic E-state index is 1.09. The third-order valence-electron chi connectivity index (χ3n) is 14.9. The molecule has 14 aromatic rings. The fraction of sp³-hybridized carbons (Fsp3) is 0.0923. The quantitative estimate of drug-likeness (QED) is 0.169. The van der Waals surface area contributed by atoms with Gasteiger partial charge in [0.15, 0.2) is 0 Å². The van der Waals surface area contributed by atoms with E-state index in [2.05, 4.69) is 236 Å². The van der Waals surface area contributed by atoms with E-state index in [4.69, 9.17) is 4.98 Å². The zero-order valence-electron chi connectivity index (χ0n) is 40.1. The van der Waals surface area contributed by atoms with Gasteiger partial charge in [-0.25, -0.2) is 0 Å². The standard InChI is InChI=1S/C65H49N5/c1-38-12-19-55-47(28-38)48-29-39(2)13-20-56(48)68(55)46-35-63(69-58-21-14-40(3)30-49(58)50-31-41(4)15-22-59(50)69)65(64(36-46)70-60-23-16-42(5)32-51(60)52-33-43(6)17-24-61(52)70)44-18-25-57-53(34-44)54-37-66-27-26-62(54)67(57)45-10-8-7-9-11-45/h7-37H,1-6H3. The van der Waals surface area contributed by atoms with Crippen LogP contribution in [0.4, 0.5) is 0 Å². The van der Waals surface area contributed by atoms with Gasteiger partial charge in [0.25, 0.3) is 0 Å². The molecule has 5 heteroatoms. The first-order valence-electron chi connectivity index (χ1n) is 24.3. The van der Waals surface area contributed by atoms with Crippen molar-refractivity contribution in [2.75, 3.05) is 0 Å². The van der Waals surface area contributed by atoms with Crippen molar-refractivity contribution < 1.29 is 0 Å². The minimum absolute atomic E-state index is 1.09. The van der Waals surface area contributed by atoms with E-state index in [1.165, 1.54) is 98.8 Å². The summed E-state index contributed by atoms with van der Waals surface area (Å²) in [6, 6.07) is 66.6. The van der Waals surface area contributed by atoms with Crippen molar-refractivity contribution in [3.8, 4) is 33.9 Å². The van der Waals surface area contributed by atoms with Crippen LogP contribution >= 0.6 is 0 Å². The van der Waals surface area contributed by atoms with Crippen molar-refractivity contribution in [3.05, 3.63) is 222 Å². The maximum absolute atomic E-state index is 4.73. The van der Waals surface area contributed by atoms with Crippen LogP contribution in [-0.4, -0.2) is 23.3 Å². The third-order valence-corrected chi connectivity index (χ3v) is 14.9. The molecule has 0 atom stereocenters. The average molecular weight is 900 g/mol. The Morgan fingerprint density at radius 3 is 1.04 bits per heavy atom. The summed E-state index contributed by atoms with van der Waals surface area (Å²) in [5.74, 6) is 0. The van der Waals surface area contributed by atoms with Gasteiger partial charge in [-0.2, -0.15) is 0 Å². The second-order valence-electron chi connectivity index (χ2n) is 19.8. The largest absolute Gasteiger partial charge is 0.309 e. The van der Waals surface area contributed by atoms with Crippen LogP contribution in [0, 0.1) is 41.5 Å². The lowest BCUT2D eigenvalue weighted by molar-refractivity contribution is 1.10. The number of pyridine rings is 1. The van der Waals surface area contributed by atoms with E-state index in [0.29, 0.717) is 0 Å². The van der Waals surface area contributed by atoms with E-state index in [-0.39, 0.29) is 0 Å². The normalized spacial score (nSPS) is 12.1. The molecular formula is C65H49N5. The van der Waals surface area contributed by atoms with Crippen LogP contribution < -0.4 is 0 Å². The van der Waals surface area contributed by atoms with Crippen LogP contribution in [0.15, 0.2) is 188 Å². The minimum Gasteiger partial charge on any atom is -0.309 e. The van der Waals surface area contributed by atoms with Gasteiger partial charge in [0, 0.05) is 66.7 Å². The molecule has 0 saturated carbocycles. The van der Waals surface area contributed by atoms with Crippen molar-refractivity contribution >= 4 is 87.2 Å². The molecule has 0 radical (unpaired) electrons. The van der Waals surface area contributed by atoms with Gasteiger partial charge in [0.1, 0.15) is 0 Å². The number of aromatic nitrogens is 5. The number of hydrogen-bond donors (Lipinski definition) is 0. The zero-order valence-corrected chi connectivity index (χ0v) is 40.1. The molecule has 5 heterocycles. The van der Waals surface area contributed by atoms with E-state index in [1.54, 1.807) is 0 Å². The summed E-state index contributed by atoms with van der Waals surface area (Å²) in [6.07, 6.45) is 3.94. The van der Waals surface area contributed by atoms with Crippen molar-refractivity contribution in [2.45, 2.75) is 41.5 Å². The van der Waals surface area contributed by atoms with E-state index in [9.17, 15) is 0 Å². The summed E-state index contributed by atoms with van der Waals surface area (Å²) in [5.41, 5.74) is 23.4. The lowest BCUT2D eigenvalue weighted by atomic mass is 9.97. The first-order valence-corrected chi connectivity index (χ1v) is 24.3. The number of nitrogens with zero attached hydrogens (tertiary/aromatic N) is 5. The predicted molar refractivity (Wildman–Crippen MR) is 295 cm³/mol. The van der Waals surface area contributed by atoms with E-state index in [1.807, 2.05) is 12.4 Å². The summed E-state index contributed by atoms with van der Waals surface area (Å²) in [4.78, 5) is 4.73. The van der Waals surface area contributed by atoms with Gasteiger partial charge >= 0.3 is 0 Å². The summed E-state index contributed by atoms with van der Waals surface area (Å²) in [6.45, 7) is 13.2. The van der Waals surface area contributed by atoms with Gasteiger partial charge in [0.05, 0.1) is 61.2 Å². The summed E-state index contributed by atoms with van der Waals surface area (Å²) in [5, 5.41) is 9.76. The molecule has 0 aliphatic rings. The van der Waals surface area contributed by atoms with E-state index >= 15 is 0 Å². The van der Waals surface area contributed by atoms with E-state index < -0.39 is 0 Å². The van der Waals surface area contributed by atoms with Gasteiger partial charge in [-0.15, -0.1) is 0 Å². The molecule has 0 unspecified atom stereocenters. The van der Waals surface area contributed by atoms with Crippen molar-refractivity contribution in [2.24, 2.45) is 0 Å². The maximum Gasteiger partial charge on any atom is 0.0582 e. The highest BCUT2D eigenvalue weighted by atomic mass is 15.1. The monoisotopic (exact) mass is 899 g/mol. The Balaban J connectivity index is 1.22. The molecule has 5 nitrogen and oxygen atoms in total. The second-order valence-corrected chi connectivity index (χ2v) is 19.8. The highest BCUT2D eigenvalue weighted by Crippen LogP contribution is 2.47. The lowest BCUT2D eigenvalue weighted by Gasteiger charge is -2.23. The molecule has 0 N–H and O–H groups in total. The molecule has 0 fully saturated rings. The number of hydrogen-bond acceptors (Lipinski definition) is 1. The van der Waals surface area contributed by atoms with Crippen LogP contribution in [0.2, 0.25) is 0 Å². The van der Waals surface area contributed by atoms with E-state index in [0.717, 1.165) is 55.7 Å². The van der Waals surface area contributed by atoms with Crippen LogP contribution in [0.1, 0.15) is 33.4 Å². The van der Waals surface area contributed by atoms with Gasteiger partial charge in [-0.1, -0.05) is 94.0 Å². The van der Waals surface area contributed by atoms with Crippen molar-refractivity contribution in [1.29, 1.82) is 0 Å². The molecule has 0 aliphatic heterocycles. The molecule has 70 heavy (non-hydrogen) atoms. The fourth-order valence-corrected chi connectivity index (χ4v) is 11.8. The topological polar surface area (TPSA) is 32.6 Å². The van der Waals surface area contributed by atoms with Gasteiger partial charge in [-0.3, -0.25) is 4.98 Å². The molecule has 0 aliphatic carbocycles. The van der Waals surface area contributed by atoms with Crippen LogP contribution in [0.5, 0.6) is 0 Å². The Labute approximate surface area is 405 Å². The Morgan fingerprint density at radius 1 is 0.286 bits per heavy atom. The van der Waals surface area contributed by atoms with Crippen molar-refractivity contribution in [1.82, 2.24) is 23.3 Å². The van der Waals surface area contributed by atoms with Gasteiger partial charge in [0.2, 0.25) is 0 Å². The Kier molecular flexibility index (Phi) is 8.61.